The number of nitrogens with zero attached hydrogens (tertiary/aromatic N) is 1. The van der Waals surface area contributed by atoms with Crippen molar-refractivity contribution in [3.63, 3.8) is 0 Å². The number of aryl methyl sites for hydroxylation is 1. The molecule has 0 aliphatic heterocycles. The van der Waals surface area contributed by atoms with Crippen molar-refractivity contribution in [2.75, 3.05) is 0 Å². The van der Waals surface area contributed by atoms with Crippen LogP contribution in [0.2, 0.25) is 5.15 Å². The SMILES string of the molecule is Cc1ccc(-c2ccc(C=O)c(Cl)n2)cc1. The average molecular weight is 232 g/mol. The molecule has 0 saturated heterocycles. The fourth-order valence-electron chi connectivity index (χ4n) is 1.42. The molecule has 80 valence electrons. The molecule has 2 rings (SSSR count). The van der Waals surface area contributed by atoms with Crippen LogP contribution in [-0.4, -0.2) is 11.3 Å². The number of carbonyl (C=O) groups is 1. The van der Waals surface area contributed by atoms with Gasteiger partial charge in [0.05, 0.1) is 11.3 Å². The van der Waals surface area contributed by atoms with E-state index in [-0.39, 0.29) is 5.15 Å². The first kappa shape index (κ1) is 10.8. The van der Waals surface area contributed by atoms with Crippen LogP contribution in [0.3, 0.4) is 0 Å². The molecule has 0 atom stereocenters. The Morgan fingerprint density at radius 1 is 1.12 bits per heavy atom. The van der Waals surface area contributed by atoms with Gasteiger partial charge in [-0.25, -0.2) is 4.98 Å². The van der Waals surface area contributed by atoms with Gasteiger partial charge < -0.3 is 0 Å². The summed E-state index contributed by atoms with van der Waals surface area (Å²) in [4.78, 5) is 14.8. The molecule has 0 amide bonds. The molecule has 1 heterocycles. The van der Waals surface area contributed by atoms with Crippen molar-refractivity contribution in [3.05, 3.63) is 52.7 Å². The summed E-state index contributed by atoms with van der Waals surface area (Å²) in [6.45, 7) is 2.03. The molecule has 1 aromatic heterocycles. The number of halogens is 1. The molecule has 0 fully saturated rings. The summed E-state index contributed by atoms with van der Waals surface area (Å²) in [5.74, 6) is 0. The van der Waals surface area contributed by atoms with E-state index in [1.807, 2.05) is 31.2 Å². The molecule has 0 radical (unpaired) electrons. The smallest absolute Gasteiger partial charge is 0.153 e. The van der Waals surface area contributed by atoms with E-state index in [9.17, 15) is 4.79 Å². The van der Waals surface area contributed by atoms with Crippen molar-refractivity contribution >= 4 is 17.9 Å². The first-order chi connectivity index (χ1) is 7.70. The molecule has 2 nitrogen and oxygen atoms in total. The van der Waals surface area contributed by atoms with E-state index in [1.165, 1.54) is 5.56 Å². The van der Waals surface area contributed by atoms with Crippen LogP contribution >= 0.6 is 11.6 Å². The predicted molar refractivity (Wildman–Crippen MR) is 64.8 cm³/mol. The number of benzene rings is 1. The molecule has 0 saturated carbocycles. The van der Waals surface area contributed by atoms with Crippen LogP contribution in [0.1, 0.15) is 15.9 Å². The fraction of sp³-hybridized carbons (Fsp3) is 0.0769. The molecule has 1 aromatic carbocycles. The summed E-state index contributed by atoms with van der Waals surface area (Å²) in [5, 5.41) is 0.244. The number of hydrogen-bond acceptors (Lipinski definition) is 2. The molecular formula is C13H10ClNO. The first-order valence-electron chi connectivity index (χ1n) is 4.89. The van der Waals surface area contributed by atoms with Crippen molar-refractivity contribution in [1.82, 2.24) is 4.98 Å². The van der Waals surface area contributed by atoms with Crippen LogP contribution in [-0.2, 0) is 0 Å². The molecule has 0 bridgehead atoms. The number of carbonyl (C=O) groups excluding carboxylic acids is 1. The molecule has 0 spiro atoms. The maximum absolute atomic E-state index is 10.6. The summed E-state index contributed by atoms with van der Waals surface area (Å²) in [7, 11) is 0. The summed E-state index contributed by atoms with van der Waals surface area (Å²) < 4.78 is 0. The minimum atomic E-state index is 0.244. The lowest BCUT2D eigenvalue weighted by Gasteiger charge is -2.03. The van der Waals surface area contributed by atoms with Gasteiger partial charge in [0.2, 0.25) is 0 Å². The lowest BCUT2D eigenvalue weighted by Crippen LogP contribution is -1.89. The minimum Gasteiger partial charge on any atom is -0.298 e. The van der Waals surface area contributed by atoms with Crippen molar-refractivity contribution in [3.8, 4) is 11.3 Å². The van der Waals surface area contributed by atoms with Crippen molar-refractivity contribution < 1.29 is 4.79 Å². The Balaban J connectivity index is 2.45. The predicted octanol–water partition coefficient (Wildman–Crippen LogP) is 3.52. The van der Waals surface area contributed by atoms with Crippen LogP contribution in [0.4, 0.5) is 0 Å². The number of aromatic nitrogens is 1. The van der Waals surface area contributed by atoms with E-state index in [2.05, 4.69) is 4.98 Å². The Morgan fingerprint density at radius 2 is 1.81 bits per heavy atom. The Labute approximate surface area is 98.9 Å². The van der Waals surface area contributed by atoms with Crippen molar-refractivity contribution in [1.29, 1.82) is 0 Å². The second kappa shape index (κ2) is 4.45. The summed E-state index contributed by atoms with van der Waals surface area (Å²) in [5.41, 5.74) is 3.37. The number of rotatable bonds is 2. The molecular weight excluding hydrogens is 222 g/mol. The van der Waals surface area contributed by atoms with Crippen molar-refractivity contribution in [2.45, 2.75) is 6.92 Å². The minimum absolute atomic E-state index is 0.244. The Bertz CT molecular complexity index is 520. The van der Waals surface area contributed by atoms with Crippen LogP contribution in [0.15, 0.2) is 36.4 Å². The van der Waals surface area contributed by atoms with Gasteiger partial charge in [0.25, 0.3) is 0 Å². The molecule has 16 heavy (non-hydrogen) atoms. The number of aldehydes is 1. The third-order valence-electron chi connectivity index (χ3n) is 2.35. The molecule has 0 unspecified atom stereocenters. The molecule has 2 aromatic rings. The second-order valence-corrected chi connectivity index (χ2v) is 3.92. The molecule has 0 N–H and O–H groups in total. The molecule has 3 heteroatoms. The van der Waals surface area contributed by atoms with Gasteiger partial charge in [-0.05, 0) is 19.1 Å². The molecule has 0 aliphatic carbocycles. The van der Waals surface area contributed by atoms with Gasteiger partial charge in [0, 0.05) is 5.56 Å². The van der Waals surface area contributed by atoms with Gasteiger partial charge in [-0.3, -0.25) is 4.79 Å². The largest absolute Gasteiger partial charge is 0.298 e. The zero-order valence-corrected chi connectivity index (χ0v) is 9.53. The second-order valence-electron chi connectivity index (χ2n) is 3.56. The first-order valence-corrected chi connectivity index (χ1v) is 5.27. The van der Waals surface area contributed by atoms with E-state index in [1.54, 1.807) is 12.1 Å². The van der Waals surface area contributed by atoms with Gasteiger partial charge in [-0.1, -0.05) is 41.4 Å². The number of pyridine rings is 1. The maximum Gasteiger partial charge on any atom is 0.153 e. The standard InChI is InChI=1S/C13H10ClNO/c1-9-2-4-10(5-3-9)12-7-6-11(8-16)13(14)15-12/h2-8H,1H3. The summed E-state index contributed by atoms with van der Waals surface area (Å²) in [6, 6.07) is 11.5. The molecule has 0 aliphatic rings. The van der Waals surface area contributed by atoms with Gasteiger partial charge in [0.1, 0.15) is 5.15 Å². The van der Waals surface area contributed by atoms with E-state index in [0.29, 0.717) is 11.8 Å². The monoisotopic (exact) mass is 231 g/mol. The zero-order chi connectivity index (χ0) is 11.5. The maximum atomic E-state index is 10.6. The van der Waals surface area contributed by atoms with E-state index in [4.69, 9.17) is 11.6 Å². The Hall–Kier alpha value is -1.67. The number of hydrogen-bond donors (Lipinski definition) is 0. The van der Waals surface area contributed by atoms with Gasteiger partial charge in [0.15, 0.2) is 6.29 Å². The third-order valence-corrected chi connectivity index (χ3v) is 2.65. The lowest BCUT2D eigenvalue weighted by molar-refractivity contribution is 0.112. The Kier molecular flexibility index (Phi) is 3.02. The highest BCUT2D eigenvalue weighted by atomic mass is 35.5. The topological polar surface area (TPSA) is 30.0 Å². The highest BCUT2D eigenvalue weighted by Gasteiger charge is 2.04. The third kappa shape index (κ3) is 2.12. The van der Waals surface area contributed by atoms with Crippen LogP contribution in [0.25, 0.3) is 11.3 Å². The quantitative estimate of drug-likeness (QED) is 0.585. The highest BCUT2D eigenvalue weighted by Crippen LogP contribution is 2.21. The summed E-state index contributed by atoms with van der Waals surface area (Å²) >= 11 is 5.87. The lowest BCUT2D eigenvalue weighted by atomic mass is 10.1. The van der Waals surface area contributed by atoms with E-state index in [0.717, 1.165) is 11.3 Å². The van der Waals surface area contributed by atoms with E-state index < -0.39 is 0 Å². The van der Waals surface area contributed by atoms with E-state index >= 15 is 0 Å². The average Bonchev–Trinajstić information content (AvgIpc) is 2.30. The van der Waals surface area contributed by atoms with Gasteiger partial charge in [-0.15, -0.1) is 0 Å². The van der Waals surface area contributed by atoms with Gasteiger partial charge in [-0.2, -0.15) is 0 Å². The van der Waals surface area contributed by atoms with Crippen LogP contribution in [0.5, 0.6) is 0 Å². The zero-order valence-electron chi connectivity index (χ0n) is 8.77. The van der Waals surface area contributed by atoms with Crippen molar-refractivity contribution in [2.24, 2.45) is 0 Å². The van der Waals surface area contributed by atoms with Crippen LogP contribution in [0, 0.1) is 6.92 Å². The highest BCUT2D eigenvalue weighted by molar-refractivity contribution is 6.31. The van der Waals surface area contributed by atoms with Crippen LogP contribution < -0.4 is 0 Å². The normalized spacial score (nSPS) is 10.1. The Morgan fingerprint density at radius 3 is 2.38 bits per heavy atom. The van der Waals surface area contributed by atoms with Gasteiger partial charge >= 0.3 is 0 Å². The fourth-order valence-corrected chi connectivity index (χ4v) is 1.62. The summed E-state index contributed by atoms with van der Waals surface area (Å²) in [6.07, 6.45) is 0.703.